The highest BCUT2D eigenvalue weighted by molar-refractivity contribution is 6.02. The second kappa shape index (κ2) is 5.24. The summed E-state index contributed by atoms with van der Waals surface area (Å²) in [6.45, 7) is 0. The zero-order chi connectivity index (χ0) is 15.8. The Morgan fingerprint density at radius 3 is 2.83 bits per heavy atom. The number of para-hydroxylation sites is 1. The zero-order valence-corrected chi connectivity index (χ0v) is 12.5. The Morgan fingerprint density at radius 2 is 2.00 bits per heavy atom. The minimum Gasteiger partial charge on any atom is -0.350 e. The Hall–Kier alpha value is -3.15. The number of nitrogens with one attached hydrogen (secondary N) is 2. The molecule has 6 nitrogen and oxygen atoms in total. The molecule has 1 amide bonds. The Labute approximate surface area is 133 Å². The maximum absolute atomic E-state index is 12.4. The number of carbonyl (C=O) groups is 1. The largest absolute Gasteiger partial charge is 0.350 e. The Kier molecular flexibility index (Phi) is 3.08. The van der Waals surface area contributed by atoms with Gasteiger partial charge in [-0.2, -0.15) is 5.10 Å². The van der Waals surface area contributed by atoms with Crippen molar-refractivity contribution in [3.8, 4) is 11.3 Å². The standard InChI is InChI=1S/C17H15N5O/c1-22-14-7-3-2-6-12(14)17(23)20-16(22)13-10-19-21-15(13)11-5-4-8-18-9-11/h2-10,16H,1H3,(H,19,21)(H,20,23). The molecule has 0 spiro atoms. The quantitative estimate of drug-likeness (QED) is 0.762. The van der Waals surface area contributed by atoms with E-state index in [-0.39, 0.29) is 12.1 Å². The molecule has 1 unspecified atom stereocenters. The van der Waals surface area contributed by atoms with E-state index in [9.17, 15) is 4.79 Å². The van der Waals surface area contributed by atoms with E-state index in [1.165, 1.54) is 0 Å². The van der Waals surface area contributed by atoms with Crippen molar-refractivity contribution in [1.29, 1.82) is 0 Å². The zero-order valence-electron chi connectivity index (χ0n) is 12.5. The summed E-state index contributed by atoms with van der Waals surface area (Å²) in [4.78, 5) is 18.6. The predicted molar refractivity (Wildman–Crippen MR) is 86.9 cm³/mol. The predicted octanol–water partition coefficient (Wildman–Crippen LogP) is 2.35. The summed E-state index contributed by atoms with van der Waals surface area (Å²) in [6.07, 6.45) is 4.96. The molecule has 6 heteroatoms. The lowest BCUT2D eigenvalue weighted by atomic mass is 10.0. The number of aromatic nitrogens is 3. The molecule has 1 aromatic carbocycles. The van der Waals surface area contributed by atoms with Crippen LogP contribution in [0.15, 0.2) is 55.0 Å². The molecule has 3 heterocycles. The maximum atomic E-state index is 12.4. The second-order valence-electron chi connectivity index (χ2n) is 5.45. The van der Waals surface area contributed by atoms with Crippen molar-refractivity contribution in [1.82, 2.24) is 20.5 Å². The first-order valence-electron chi connectivity index (χ1n) is 7.32. The number of nitrogens with zero attached hydrogens (tertiary/aromatic N) is 3. The van der Waals surface area contributed by atoms with Gasteiger partial charge in [-0.15, -0.1) is 0 Å². The molecule has 1 aliphatic heterocycles. The molecule has 0 saturated heterocycles. The number of fused-ring (bicyclic) bond motifs is 1. The average molecular weight is 305 g/mol. The Bertz CT molecular complexity index is 858. The van der Waals surface area contributed by atoms with E-state index in [1.807, 2.05) is 48.3 Å². The maximum Gasteiger partial charge on any atom is 0.255 e. The fourth-order valence-corrected chi connectivity index (χ4v) is 2.94. The highest BCUT2D eigenvalue weighted by Gasteiger charge is 2.31. The normalized spacial score (nSPS) is 16.8. The fraction of sp³-hybridized carbons (Fsp3) is 0.118. The minimum absolute atomic E-state index is 0.0814. The number of rotatable bonds is 2. The van der Waals surface area contributed by atoms with Crippen LogP contribution in [0.1, 0.15) is 22.1 Å². The summed E-state index contributed by atoms with van der Waals surface area (Å²) >= 11 is 0. The van der Waals surface area contributed by atoms with Crippen molar-refractivity contribution in [2.75, 3.05) is 11.9 Å². The molecule has 2 aromatic heterocycles. The van der Waals surface area contributed by atoms with E-state index in [0.29, 0.717) is 5.56 Å². The summed E-state index contributed by atoms with van der Waals surface area (Å²) in [5.41, 5.74) is 4.27. The fourth-order valence-electron chi connectivity index (χ4n) is 2.94. The van der Waals surface area contributed by atoms with E-state index >= 15 is 0 Å². The van der Waals surface area contributed by atoms with Crippen molar-refractivity contribution in [3.63, 3.8) is 0 Å². The number of carbonyl (C=O) groups excluding carboxylic acids is 1. The number of aromatic amines is 1. The van der Waals surface area contributed by atoms with Crippen LogP contribution in [0, 0.1) is 0 Å². The van der Waals surface area contributed by atoms with Gasteiger partial charge in [0.25, 0.3) is 5.91 Å². The molecule has 2 N–H and O–H groups in total. The summed E-state index contributed by atoms with van der Waals surface area (Å²) in [7, 11) is 1.96. The van der Waals surface area contributed by atoms with Crippen LogP contribution in [-0.4, -0.2) is 28.1 Å². The van der Waals surface area contributed by atoms with Crippen molar-refractivity contribution in [2.24, 2.45) is 0 Å². The number of H-pyrrole nitrogens is 1. The smallest absolute Gasteiger partial charge is 0.255 e. The van der Waals surface area contributed by atoms with Gasteiger partial charge in [-0.25, -0.2) is 0 Å². The molecular weight excluding hydrogens is 290 g/mol. The first-order valence-corrected chi connectivity index (χ1v) is 7.32. The van der Waals surface area contributed by atoms with Crippen LogP contribution in [0.5, 0.6) is 0 Å². The van der Waals surface area contributed by atoms with Crippen LogP contribution < -0.4 is 10.2 Å². The van der Waals surface area contributed by atoms with E-state index in [1.54, 1.807) is 18.6 Å². The SMILES string of the molecule is CN1c2ccccc2C(=O)NC1c1cn[nH]c1-c1cccnc1. The molecular formula is C17H15N5O. The van der Waals surface area contributed by atoms with Crippen molar-refractivity contribution >= 4 is 11.6 Å². The van der Waals surface area contributed by atoms with Gasteiger partial charge in [0, 0.05) is 30.6 Å². The Morgan fingerprint density at radius 1 is 1.13 bits per heavy atom. The van der Waals surface area contributed by atoms with Gasteiger partial charge in [-0.3, -0.25) is 14.9 Å². The average Bonchev–Trinajstić information content (AvgIpc) is 3.08. The van der Waals surface area contributed by atoms with Crippen LogP contribution in [0.4, 0.5) is 5.69 Å². The molecule has 4 rings (SSSR count). The van der Waals surface area contributed by atoms with Crippen LogP contribution >= 0.6 is 0 Å². The second-order valence-corrected chi connectivity index (χ2v) is 5.45. The molecule has 0 radical (unpaired) electrons. The van der Waals surface area contributed by atoms with Gasteiger partial charge in [-0.05, 0) is 24.3 Å². The monoisotopic (exact) mass is 305 g/mol. The van der Waals surface area contributed by atoms with Crippen LogP contribution in [0.25, 0.3) is 11.3 Å². The lowest BCUT2D eigenvalue weighted by Crippen LogP contribution is -2.44. The van der Waals surface area contributed by atoms with Gasteiger partial charge in [0.15, 0.2) is 0 Å². The highest BCUT2D eigenvalue weighted by Crippen LogP contribution is 2.34. The van der Waals surface area contributed by atoms with E-state index in [0.717, 1.165) is 22.5 Å². The molecule has 0 fully saturated rings. The van der Waals surface area contributed by atoms with Gasteiger partial charge in [0.2, 0.25) is 0 Å². The number of benzene rings is 1. The van der Waals surface area contributed by atoms with E-state index in [4.69, 9.17) is 0 Å². The lowest BCUT2D eigenvalue weighted by Gasteiger charge is -2.36. The summed E-state index contributed by atoms with van der Waals surface area (Å²) in [6, 6.07) is 11.4. The molecule has 0 aliphatic carbocycles. The third kappa shape index (κ3) is 2.15. The van der Waals surface area contributed by atoms with Gasteiger partial charge in [-0.1, -0.05) is 12.1 Å². The van der Waals surface area contributed by atoms with Crippen LogP contribution in [-0.2, 0) is 0 Å². The molecule has 1 aliphatic rings. The van der Waals surface area contributed by atoms with Gasteiger partial charge in [0.05, 0.1) is 23.1 Å². The number of anilines is 1. The first-order chi connectivity index (χ1) is 11.3. The molecule has 1 atom stereocenters. The van der Waals surface area contributed by atoms with Gasteiger partial charge >= 0.3 is 0 Å². The Balaban J connectivity index is 1.79. The van der Waals surface area contributed by atoms with Crippen molar-refractivity contribution in [3.05, 3.63) is 66.1 Å². The van der Waals surface area contributed by atoms with E-state index < -0.39 is 0 Å². The highest BCUT2D eigenvalue weighted by atomic mass is 16.2. The molecule has 0 bridgehead atoms. The molecule has 23 heavy (non-hydrogen) atoms. The number of hydrogen-bond donors (Lipinski definition) is 2. The molecule has 0 saturated carbocycles. The van der Waals surface area contributed by atoms with Crippen molar-refractivity contribution in [2.45, 2.75) is 6.17 Å². The third-order valence-corrected chi connectivity index (χ3v) is 4.10. The van der Waals surface area contributed by atoms with Crippen LogP contribution in [0.2, 0.25) is 0 Å². The first kappa shape index (κ1) is 13.5. The van der Waals surface area contributed by atoms with E-state index in [2.05, 4.69) is 20.5 Å². The summed E-state index contributed by atoms with van der Waals surface area (Å²) in [5.74, 6) is -0.0814. The molecule has 114 valence electrons. The lowest BCUT2D eigenvalue weighted by molar-refractivity contribution is 0.0928. The van der Waals surface area contributed by atoms with Gasteiger partial charge in [0.1, 0.15) is 6.17 Å². The summed E-state index contributed by atoms with van der Waals surface area (Å²) in [5, 5.41) is 10.2. The topological polar surface area (TPSA) is 73.9 Å². The third-order valence-electron chi connectivity index (χ3n) is 4.10. The molecule has 3 aromatic rings. The minimum atomic E-state index is -0.286. The number of hydrogen-bond acceptors (Lipinski definition) is 4. The number of pyridine rings is 1. The number of amides is 1. The van der Waals surface area contributed by atoms with Crippen LogP contribution in [0.3, 0.4) is 0 Å². The summed E-state index contributed by atoms with van der Waals surface area (Å²) < 4.78 is 0. The van der Waals surface area contributed by atoms with Gasteiger partial charge < -0.3 is 10.2 Å². The van der Waals surface area contributed by atoms with Crippen molar-refractivity contribution < 1.29 is 4.79 Å².